The summed E-state index contributed by atoms with van der Waals surface area (Å²) in [5.74, 6) is 0. The molecule has 0 aromatic heterocycles. The number of para-hydroxylation sites is 1. The zero-order valence-corrected chi connectivity index (χ0v) is 12.5. The van der Waals surface area contributed by atoms with Crippen molar-refractivity contribution in [3.63, 3.8) is 0 Å². The number of rotatable bonds is 2. The summed E-state index contributed by atoms with van der Waals surface area (Å²) >= 11 is 6.10. The van der Waals surface area contributed by atoms with Crippen LogP contribution in [0.1, 0.15) is 16.7 Å². The third kappa shape index (κ3) is 2.82. The van der Waals surface area contributed by atoms with E-state index in [2.05, 4.69) is 47.5 Å². The SMILES string of the molecule is Cc1cccc2c1N(Cc1cccc(Cl)c1)CCNC2. The maximum Gasteiger partial charge on any atom is 0.0445 e. The van der Waals surface area contributed by atoms with Gasteiger partial charge in [0.05, 0.1) is 0 Å². The number of hydrogen-bond acceptors (Lipinski definition) is 2. The maximum atomic E-state index is 6.10. The largest absolute Gasteiger partial charge is 0.365 e. The molecule has 3 rings (SSSR count). The Hall–Kier alpha value is -1.51. The molecule has 0 radical (unpaired) electrons. The first-order valence-electron chi connectivity index (χ1n) is 7.02. The fourth-order valence-electron chi connectivity index (χ4n) is 2.88. The smallest absolute Gasteiger partial charge is 0.0445 e. The lowest BCUT2D eigenvalue weighted by Gasteiger charge is -2.26. The van der Waals surface area contributed by atoms with Crippen molar-refractivity contribution in [1.82, 2.24) is 5.32 Å². The zero-order valence-electron chi connectivity index (χ0n) is 11.7. The van der Waals surface area contributed by atoms with Crippen molar-refractivity contribution in [3.8, 4) is 0 Å². The molecule has 1 aliphatic rings. The van der Waals surface area contributed by atoms with Crippen LogP contribution >= 0.6 is 11.6 Å². The lowest BCUT2D eigenvalue weighted by Crippen LogP contribution is -2.28. The van der Waals surface area contributed by atoms with E-state index in [9.17, 15) is 0 Å². The molecule has 1 aliphatic heterocycles. The van der Waals surface area contributed by atoms with E-state index >= 15 is 0 Å². The van der Waals surface area contributed by atoms with E-state index in [1.165, 1.54) is 22.4 Å². The van der Waals surface area contributed by atoms with Crippen LogP contribution in [0, 0.1) is 6.92 Å². The second kappa shape index (κ2) is 5.86. The minimum absolute atomic E-state index is 0.806. The summed E-state index contributed by atoms with van der Waals surface area (Å²) in [7, 11) is 0. The molecule has 1 heterocycles. The predicted molar refractivity (Wildman–Crippen MR) is 85.4 cm³/mol. The van der Waals surface area contributed by atoms with Gasteiger partial charge < -0.3 is 10.2 Å². The van der Waals surface area contributed by atoms with Crippen LogP contribution in [-0.4, -0.2) is 13.1 Å². The van der Waals surface area contributed by atoms with Gasteiger partial charge in [0.25, 0.3) is 0 Å². The van der Waals surface area contributed by atoms with Gasteiger partial charge in [-0.3, -0.25) is 0 Å². The molecular formula is C17H19ClN2. The maximum absolute atomic E-state index is 6.10. The second-order valence-corrected chi connectivity index (χ2v) is 5.75. The molecule has 0 amide bonds. The average molecular weight is 287 g/mol. The predicted octanol–water partition coefficient (Wildman–Crippen LogP) is 3.76. The van der Waals surface area contributed by atoms with Gasteiger partial charge >= 0.3 is 0 Å². The first-order chi connectivity index (χ1) is 9.74. The van der Waals surface area contributed by atoms with Gasteiger partial charge in [-0.2, -0.15) is 0 Å². The summed E-state index contributed by atoms with van der Waals surface area (Å²) in [6, 6.07) is 14.7. The van der Waals surface area contributed by atoms with Gasteiger partial charge in [0.2, 0.25) is 0 Å². The minimum Gasteiger partial charge on any atom is -0.365 e. The lowest BCUT2D eigenvalue weighted by molar-refractivity contribution is 0.688. The molecule has 0 saturated carbocycles. The van der Waals surface area contributed by atoms with E-state index in [1.807, 2.05) is 12.1 Å². The highest BCUT2D eigenvalue weighted by molar-refractivity contribution is 6.30. The monoisotopic (exact) mass is 286 g/mol. The van der Waals surface area contributed by atoms with Crippen molar-refractivity contribution < 1.29 is 0 Å². The normalized spacial score (nSPS) is 14.8. The Morgan fingerprint density at radius 3 is 2.90 bits per heavy atom. The van der Waals surface area contributed by atoms with E-state index in [0.29, 0.717) is 0 Å². The number of benzene rings is 2. The third-order valence-electron chi connectivity index (χ3n) is 3.77. The molecule has 2 aromatic carbocycles. The molecule has 2 aromatic rings. The number of nitrogens with zero attached hydrogens (tertiary/aromatic N) is 1. The van der Waals surface area contributed by atoms with Gasteiger partial charge in [0.15, 0.2) is 0 Å². The van der Waals surface area contributed by atoms with Crippen LogP contribution in [0.3, 0.4) is 0 Å². The summed E-state index contributed by atoms with van der Waals surface area (Å²) < 4.78 is 0. The number of hydrogen-bond donors (Lipinski definition) is 1. The molecule has 1 N–H and O–H groups in total. The van der Waals surface area contributed by atoms with E-state index in [0.717, 1.165) is 31.2 Å². The molecule has 0 bridgehead atoms. The lowest BCUT2D eigenvalue weighted by atomic mass is 10.1. The summed E-state index contributed by atoms with van der Waals surface area (Å²) in [6.45, 7) is 6.07. The molecule has 104 valence electrons. The second-order valence-electron chi connectivity index (χ2n) is 5.31. The highest BCUT2D eigenvalue weighted by Crippen LogP contribution is 2.28. The first kappa shape index (κ1) is 13.5. The van der Waals surface area contributed by atoms with Gasteiger partial charge in [0.1, 0.15) is 0 Å². The molecule has 0 saturated heterocycles. The number of halogens is 1. The van der Waals surface area contributed by atoms with Crippen molar-refractivity contribution in [1.29, 1.82) is 0 Å². The molecule has 0 fully saturated rings. The average Bonchev–Trinajstić information content (AvgIpc) is 2.62. The highest BCUT2D eigenvalue weighted by Gasteiger charge is 2.17. The molecular weight excluding hydrogens is 268 g/mol. The Morgan fingerprint density at radius 1 is 1.20 bits per heavy atom. The Balaban J connectivity index is 1.94. The van der Waals surface area contributed by atoms with Gasteiger partial charge in [-0.15, -0.1) is 0 Å². The Bertz CT molecular complexity index is 610. The van der Waals surface area contributed by atoms with Crippen LogP contribution in [0.25, 0.3) is 0 Å². The highest BCUT2D eigenvalue weighted by atomic mass is 35.5. The quantitative estimate of drug-likeness (QED) is 0.904. The first-order valence-corrected chi connectivity index (χ1v) is 7.40. The van der Waals surface area contributed by atoms with E-state index in [-0.39, 0.29) is 0 Å². The van der Waals surface area contributed by atoms with Crippen LogP contribution in [0.5, 0.6) is 0 Å². The van der Waals surface area contributed by atoms with Crippen LogP contribution in [0.4, 0.5) is 5.69 Å². The molecule has 3 heteroatoms. The summed E-state index contributed by atoms with van der Waals surface area (Å²) in [5.41, 5.74) is 5.35. The number of anilines is 1. The van der Waals surface area contributed by atoms with E-state index in [4.69, 9.17) is 11.6 Å². The number of aryl methyl sites for hydroxylation is 1. The molecule has 2 nitrogen and oxygen atoms in total. The van der Waals surface area contributed by atoms with Crippen LogP contribution in [0.2, 0.25) is 5.02 Å². The number of fused-ring (bicyclic) bond motifs is 1. The Kier molecular flexibility index (Phi) is 3.95. The molecule has 0 aliphatic carbocycles. The Morgan fingerprint density at radius 2 is 2.05 bits per heavy atom. The van der Waals surface area contributed by atoms with Crippen LogP contribution in [0.15, 0.2) is 42.5 Å². The molecule has 0 spiro atoms. The molecule has 20 heavy (non-hydrogen) atoms. The fraction of sp³-hybridized carbons (Fsp3) is 0.294. The van der Waals surface area contributed by atoms with E-state index in [1.54, 1.807) is 0 Å². The van der Waals surface area contributed by atoms with Crippen molar-refractivity contribution >= 4 is 17.3 Å². The summed E-state index contributed by atoms with van der Waals surface area (Å²) in [4.78, 5) is 2.45. The topological polar surface area (TPSA) is 15.3 Å². The van der Waals surface area contributed by atoms with Gasteiger partial charge in [-0.25, -0.2) is 0 Å². The standard InChI is InChI=1S/C17H19ClN2/c1-13-4-2-6-15-11-19-8-9-20(17(13)15)12-14-5-3-7-16(18)10-14/h2-7,10,19H,8-9,11-12H2,1H3. The molecule has 0 atom stereocenters. The Labute approximate surface area is 125 Å². The number of nitrogens with one attached hydrogen (secondary N) is 1. The van der Waals surface area contributed by atoms with Crippen molar-refractivity contribution in [3.05, 3.63) is 64.2 Å². The van der Waals surface area contributed by atoms with Gasteiger partial charge in [0, 0.05) is 36.9 Å². The molecule has 0 unspecified atom stereocenters. The minimum atomic E-state index is 0.806. The summed E-state index contributed by atoms with van der Waals surface area (Å²) in [6.07, 6.45) is 0. The van der Waals surface area contributed by atoms with Crippen molar-refractivity contribution in [2.24, 2.45) is 0 Å². The van der Waals surface area contributed by atoms with Gasteiger partial charge in [-0.1, -0.05) is 41.9 Å². The van der Waals surface area contributed by atoms with Crippen LogP contribution < -0.4 is 10.2 Å². The van der Waals surface area contributed by atoms with Crippen LogP contribution in [-0.2, 0) is 13.1 Å². The third-order valence-corrected chi connectivity index (χ3v) is 4.01. The zero-order chi connectivity index (χ0) is 13.9. The van der Waals surface area contributed by atoms with Crippen molar-refractivity contribution in [2.75, 3.05) is 18.0 Å². The van der Waals surface area contributed by atoms with Gasteiger partial charge in [-0.05, 0) is 35.7 Å². The summed E-state index contributed by atoms with van der Waals surface area (Å²) in [5, 5.41) is 4.30. The fourth-order valence-corrected chi connectivity index (χ4v) is 3.09. The van der Waals surface area contributed by atoms with E-state index < -0.39 is 0 Å². The van der Waals surface area contributed by atoms with Crippen molar-refractivity contribution in [2.45, 2.75) is 20.0 Å².